The number of aliphatic hydroxyl groups is 1. The summed E-state index contributed by atoms with van der Waals surface area (Å²) in [5, 5.41) is 16.8. The van der Waals surface area contributed by atoms with Crippen LogP contribution < -0.4 is 10.6 Å². The summed E-state index contributed by atoms with van der Waals surface area (Å²) in [7, 11) is 0. The third-order valence-corrected chi connectivity index (χ3v) is 4.98. The van der Waals surface area contributed by atoms with Gasteiger partial charge < -0.3 is 15.7 Å². The third kappa shape index (κ3) is 4.69. The average Bonchev–Trinajstić information content (AvgIpc) is 3.34. The number of hydrogen-bond acceptors (Lipinski definition) is 6. The zero-order valence-electron chi connectivity index (χ0n) is 15.7. The molecule has 3 rings (SSSR count). The van der Waals surface area contributed by atoms with Crippen molar-refractivity contribution in [3.8, 4) is 0 Å². The van der Waals surface area contributed by atoms with Crippen molar-refractivity contribution in [3.63, 3.8) is 0 Å². The molecule has 2 fully saturated rings. The highest BCUT2D eigenvalue weighted by atomic mass is 16.3. The van der Waals surface area contributed by atoms with E-state index in [1.165, 1.54) is 0 Å². The van der Waals surface area contributed by atoms with Gasteiger partial charge in [-0.3, -0.25) is 4.79 Å². The fourth-order valence-corrected chi connectivity index (χ4v) is 3.26. The Labute approximate surface area is 149 Å². The minimum atomic E-state index is -0.303. The zero-order chi connectivity index (χ0) is 18.2. The number of carbonyl (C=O) groups excluding carboxylic acids is 1. The van der Waals surface area contributed by atoms with Gasteiger partial charge >= 0.3 is 0 Å². The minimum Gasteiger partial charge on any atom is -0.393 e. The standard InChI is InChI=1S/C19H30N4O2/c1-11-5-8-13(9-15(11)24)21-17-14(16(25)12-6-7-12)10-20-18(22-17)23-19(2,3)4/h10-13,15,24H,5-9H2,1-4H3,(H2,20,21,22,23)/t11-,13-,15-/m1/s1. The van der Waals surface area contributed by atoms with E-state index in [9.17, 15) is 9.90 Å². The van der Waals surface area contributed by atoms with Crippen LogP contribution >= 0.6 is 0 Å². The van der Waals surface area contributed by atoms with Crippen LogP contribution in [0.3, 0.4) is 0 Å². The summed E-state index contributed by atoms with van der Waals surface area (Å²) in [4.78, 5) is 21.5. The van der Waals surface area contributed by atoms with Gasteiger partial charge in [-0.1, -0.05) is 6.92 Å². The van der Waals surface area contributed by atoms with Gasteiger partial charge in [0.1, 0.15) is 5.82 Å². The molecule has 1 aromatic rings. The smallest absolute Gasteiger partial charge is 0.225 e. The van der Waals surface area contributed by atoms with Crippen LogP contribution in [0.15, 0.2) is 6.20 Å². The number of nitrogens with one attached hydrogen (secondary N) is 2. The number of aliphatic hydroxyl groups excluding tert-OH is 1. The van der Waals surface area contributed by atoms with Crippen LogP contribution in [0.25, 0.3) is 0 Å². The van der Waals surface area contributed by atoms with Crippen LogP contribution in [0.2, 0.25) is 0 Å². The maximum absolute atomic E-state index is 12.6. The highest BCUT2D eigenvalue weighted by Gasteiger charge is 2.34. The summed E-state index contributed by atoms with van der Waals surface area (Å²) in [5.41, 5.74) is 0.422. The first-order valence-electron chi connectivity index (χ1n) is 9.37. The number of Topliss-reactive ketones (excluding diaryl/α,β-unsaturated/α-hetero) is 1. The van der Waals surface area contributed by atoms with E-state index in [-0.39, 0.29) is 29.4 Å². The van der Waals surface area contributed by atoms with Crippen LogP contribution in [0.5, 0.6) is 0 Å². The van der Waals surface area contributed by atoms with E-state index in [0.29, 0.717) is 29.7 Å². The first-order valence-corrected chi connectivity index (χ1v) is 9.37. The molecule has 0 radical (unpaired) electrons. The Morgan fingerprint density at radius 3 is 2.56 bits per heavy atom. The Bertz CT molecular complexity index is 637. The van der Waals surface area contributed by atoms with Gasteiger partial charge in [-0.05, 0) is 58.8 Å². The van der Waals surface area contributed by atoms with E-state index in [1.807, 2.05) is 20.8 Å². The van der Waals surface area contributed by atoms with Crippen LogP contribution in [-0.4, -0.2) is 38.5 Å². The van der Waals surface area contributed by atoms with E-state index in [1.54, 1.807) is 6.20 Å². The van der Waals surface area contributed by atoms with Crippen molar-refractivity contribution in [3.05, 3.63) is 11.8 Å². The molecule has 0 spiro atoms. The highest BCUT2D eigenvalue weighted by Crippen LogP contribution is 2.35. The molecule has 2 saturated carbocycles. The van der Waals surface area contributed by atoms with E-state index in [0.717, 1.165) is 25.7 Å². The average molecular weight is 346 g/mol. The lowest BCUT2D eigenvalue weighted by Gasteiger charge is -2.32. The molecule has 6 nitrogen and oxygen atoms in total. The zero-order valence-corrected chi connectivity index (χ0v) is 15.7. The Kier molecular flexibility index (Phi) is 5.00. The normalized spacial score (nSPS) is 27.0. The molecule has 3 atom stereocenters. The maximum Gasteiger partial charge on any atom is 0.225 e. The third-order valence-electron chi connectivity index (χ3n) is 4.98. The largest absolute Gasteiger partial charge is 0.393 e. The first kappa shape index (κ1) is 18.1. The van der Waals surface area contributed by atoms with Crippen LogP contribution in [-0.2, 0) is 0 Å². The predicted octanol–water partition coefficient (Wildman–Crippen LogP) is 3.24. The molecule has 0 aliphatic heterocycles. The van der Waals surface area contributed by atoms with Crippen molar-refractivity contribution in [2.24, 2.45) is 11.8 Å². The molecule has 0 amide bonds. The first-order chi connectivity index (χ1) is 11.7. The molecule has 0 bridgehead atoms. The quantitative estimate of drug-likeness (QED) is 0.710. The van der Waals surface area contributed by atoms with Gasteiger partial charge in [0.2, 0.25) is 5.95 Å². The molecule has 6 heteroatoms. The Hall–Kier alpha value is -1.69. The number of ketones is 1. The van der Waals surface area contributed by atoms with Crippen molar-refractivity contribution in [1.29, 1.82) is 0 Å². The summed E-state index contributed by atoms with van der Waals surface area (Å²) >= 11 is 0. The molecule has 25 heavy (non-hydrogen) atoms. The van der Waals surface area contributed by atoms with Crippen LogP contribution in [0.1, 0.15) is 70.2 Å². The second-order valence-corrected chi connectivity index (χ2v) is 8.67. The van der Waals surface area contributed by atoms with Gasteiger partial charge in [-0.15, -0.1) is 0 Å². The molecular formula is C19H30N4O2. The molecule has 3 N–H and O–H groups in total. The van der Waals surface area contributed by atoms with Crippen LogP contribution in [0, 0.1) is 11.8 Å². The summed E-state index contributed by atoms with van der Waals surface area (Å²) in [5.74, 6) is 1.71. The fraction of sp³-hybridized carbons (Fsp3) is 0.737. The number of nitrogens with zero attached hydrogens (tertiary/aromatic N) is 2. The molecular weight excluding hydrogens is 316 g/mol. The number of hydrogen-bond donors (Lipinski definition) is 3. The monoisotopic (exact) mass is 346 g/mol. The Morgan fingerprint density at radius 1 is 1.24 bits per heavy atom. The van der Waals surface area contributed by atoms with Gasteiger partial charge in [0.15, 0.2) is 5.78 Å². The molecule has 138 valence electrons. The lowest BCUT2D eigenvalue weighted by Crippen LogP contribution is -2.35. The van der Waals surface area contributed by atoms with E-state index in [4.69, 9.17) is 0 Å². The summed E-state index contributed by atoms with van der Waals surface area (Å²) in [6.07, 6.45) is 5.89. The SMILES string of the molecule is C[C@@H]1CC[C@@H](Nc2nc(NC(C)(C)C)ncc2C(=O)C2CC2)C[C@H]1O. The van der Waals surface area contributed by atoms with Crippen LogP contribution in [0.4, 0.5) is 11.8 Å². The molecule has 0 unspecified atom stereocenters. The summed E-state index contributed by atoms with van der Waals surface area (Å²) < 4.78 is 0. The second-order valence-electron chi connectivity index (χ2n) is 8.67. The van der Waals surface area contributed by atoms with E-state index in [2.05, 4.69) is 27.5 Å². The van der Waals surface area contributed by atoms with Crippen molar-refractivity contribution >= 4 is 17.5 Å². The van der Waals surface area contributed by atoms with Crippen molar-refractivity contribution in [1.82, 2.24) is 9.97 Å². The van der Waals surface area contributed by atoms with Gasteiger partial charge in [0, 0.05) is 23.7 Å². The fourth-order valence-electron chi connectivity index (χ4n) is 3.26. The highest BCUT2D eigenvalue weighted by molar-refractivity contribution is 6.03. The number of carbonyl (C=O) groups is 1. The molecule has 2 aliphatic carbocycles. The second kappa shape index (κ2) is 6.90. The Balaban J connectivity index is 1.82. The summed E-state index contributed by atoms with van der Waals surface area (Å²) in [6.45, 7) is 8.22. The number of rotatable bonds is 5. The van der Waals surface area contributed by atoms with Gasteiger partial charge in [0.25, 0.3) is 0 Å². The minimum absolute atomic E-state index is 0.127. The lowest BCUT2D eigenvalue weighted by atomic mass is 9.85. The molecule has 0 aromatic carbocycles. The molecule has 2 aliphatic rings. The maximum atomic E-state index is 12.6. The van der Waals surface area contributed by atoms with E-state index < -0.39 is 0 Å². The molecule has 1 heterocycles. The van der Waals surface area contributed by atoms with Crippen molar-refractivity contribution in [2.75, 3.05) is 10.6 Å². The topological polar surface area (TPSA) is 87.1 Å². The van der Waals surface area contributed by atoms with Crippen molar-refractivity contribution in [2.45, 2.75) is 77.5 Å². The number of aromatic nitrogens is 2. The van der Waals surface area contributed by atoms with E-state index >= 15 is 0 Å². The van der Waals surface area contributed by atoms with Crippen molar-refractivity contribution < 1.29 is 9.90 Å². The number of anilines is 2. The Morgan fingerprint density at radius 2 is 1.96 bits per heavy atom. The van der Waals surface area contributed by atoms with Gasteiger partial charge in [-0.2, -0.15) is 4.98 Å². The molecule has 0 saturated heterocycles. The van der Waals surface area contributed by atoms with Gasteiger partial charge in [-0.25, -0.2) is 4.98 Å². The summed E-state index contributed by atoms with van der Waals surface area (Å²) in [6, 6.07) is 0.134. The lowest BCUT2D eigenvalue weighted by molar-refractivity contribution is 0.0739. The molecule has 1 aromatic heterocycles. The predicted molar refractivity (Wildman–Crippen MR) is 98.9 cm³/mol. The van der Waals surface area contributed by atoms with Gasteiger partial charge in [0.05, 0.1) is 11.7 Å².